The Bertz CT molecular complexity index is 692. The molecule has 0 spiro atoms. The Morgan fingerprint density at radius 3 is 1.50 bits per heavy atom. The van der Waals surface area contributed by atoms with Crippen LogP contribution >= 0.6 is 0 Å². The predicted molar refractivity (Wildman–Crippen MR) is 94.9 cm³/mol. The number of hydrogen-bond acceptors (Lipinski definition) is 3. The van der Waals surface area contributed by atoms with Crippen LogP contribution in [0.2, 0.25) is 0 Å². The maximum atomic E-state index is 13.8. The Balaban J connectivity index is 5.66. The van der Waals surface area contributed by atoms with Gasteiger partial charge in [0.05, 0.1) is 18.8 Å². The van der Waals surface area contributed by atoms with Crippen LogP contribution in [-0.4, -0.2) is 59.8 Å². The monoisotopic (exact) mass is 528 g/mol. The lowest BCUT2D eigenvalue weighted by molar-refractivity contribution is -0.425. The third-order valence-electron chi connectivity index (χ3n) is 4.79. The lowest BCUT2D eigenvalue weighted by Crippen LogP contribution is -2.70. The van der Waals surface area contributed by atoms with E-state index >= 15 is 0 Å². The van der Waals surface area contributed by atoms with Gasteiger partial charge in [0.1, 0.15) is 0 Å². The van der Waals surface area contributed by atoms with E-state index in [2.05, 4.69) is 11.3 Å². The van der Waals surface area contributed by atoms with Crippen molar-refractivity contribution in [2.45, 2.75) is 87.4 Å². The molecule has 0 aliphatic rings. The molecule has 15 heteroatoms. The summed E-state index contributed by atoms with van der Waals surface area (Å²) in [5, 5.41) is 8.57. The van der Waals surface area contributed by atoms with Crippen molar-refractivity contribution in [2.75, 3.05) is 13.2 Å². The topological polar surface area (TPSA) is 46.5 Å². The van der Waals surface area contributed by atoms with Crippen LogP contribution in [0.1, 0.15) is 51.9 Å². The van der Waals surface area contributed by atoms with Crippen molar-refractivity contribution < 1.29 is 67.3 Å². The van der Waals surface area contributed by atoms with Crippen LogP contribution in [0.15, 0.2) is 12.2 Å². The minimum absolute atomic E-state index is 0.186. The molecular weight excluding hydrogens is 504 g/mol. The quantitative estimate of drug-likeness (QED) is 0.106. The summed E-state index contributed by atoms with van der Waals surface area (Å²) in [6.07, 6.45) is -6.23. The Labute approximate surface area is 187 Å². The highest BCUT2D eigenvalue weighted by Gasteiger charge is 2.89. The second-order valence-corrected chi connectivity index (χ2v) is 7.52. The molecule has 202 valence electrons. The standard InChI is InChI=1S/C19H24F12O3/c1-3-4-5-6-8-14(20,21)16(24,25)18(28,29)19(30,31)17(26,27)15(22,23)9-7-10-34-13(33)12(2)11-32/h32H,2-11H2,1H3. The third kappa shape index (κ3) is 6.30. The normalized spacial score (nSPS) is 14.3. The number of hydrogen-bond donors (Lipinski definition) is 1. The molecule has 0 atom stereocenters. The van der Waals surface area contributed by atoms with Crippen LogP contribution in [0.3, 0.4) is 0 Å². The molecule has 0 rings (SSSR count). The summed E-state index contributed by atoms with van der Waals surface area (Å²) in [5.41, 5.74) is -0.596. The number of carbonyl (C=O) groups excluding carboxylic acids is 1. The average molecular weight is 528 g/mol. The van der Waals surface area contributed by atoms with E-state index in [1.165, 1.54) is 0 Å². The largest absolute Gasteiger partial charge is 0.462 e. The van der Waals surface area contributed by atoms with Crippen LogP contribution in [0.5, 0.6) is 0 Å². The molecule has 0 fully saturated rings. The van der Waals surface area contributed by atoms with Crippen LogP contribution in [0.25, 0.3) is 0 Å². The summed E-state index contributed by atoms with van der Waals surface area (Å²) in [5.74, 6) is -42.9. The van der Waals surface area contributed by atoms with Gasteiger partial charge in [0.2, 0.25) is 0 Å². The first-order chi connectivity index (χ1) is 15.2. The zero-order valence-electron chi connectivity index (χ0n) is 17.9. The van der Waals surface area contributed by atoms with Crippen LogP contribution < -0.4 is 0 Å². The summed E-state index contributed by atoms with van der Waals surface area (Å²) in [4.78, 5) is 11.1. The molecule has 0 aliphatic carbocycles. The van der Waals surface area contributed by atoms with Crippen LogP contribution in [0, 0.1) is 0 Å². The summed E-state index contributed by atoms with van der Waals surface area (Å²) >= 11 is 0. The number of halogens is 12. The fourth-order valence-corrected chi connectivity index (χ4v) is 2.57. The zero-order chi connectivity index (χ0) is 27.2. The van der Waals surface area contributed by atoms with E-state index in [4.69, 9.17) is 5.11 Å². The summed E-state index contributed by atoms with van der Waals surface area (Å²) in [6.45, 7) is 2.44. The molecule has 0 heterocycles. The third-order valence-corrected chi connectivity index (χ3v) is 4.79. The van der Waals surface area contributed by atoms with E-state index in [9.17, 15) is 57.5 Å². The number of ether oxygens (including phenoxy) is 1. The first-order valence-corrected chi connectivity index (χ1v) is 9.90. The maximum Gasteiger partial charge on any atom is 0.384 e. The summed E-state index contributed by atoms with van der Waals surface area (Å²) in [7, 11) is 0. The minimum atomic E-state index is -7.61. The second-order valence-electron chi connectivity index (χ2n) is 7.52. The first kappa shape index (κ1) is 32.3. The van der Waals surface area contributed by atoms with E-state index in [0.717, 1.165) is 0 Å². The van der Waals surface area contributed by atoms with Crippen molar-refractivity contribution in [3.05, 3.63) is 12.2 Å². The van der Waals surface area contributed by atoms with Gasteiger partial charge in [-0.3, -0.25) is 0 Å². The molecule has 0 radical (unpaired) electrons. The minimum Gasteiger partial charge on any atom is -0.462 e. The van der Waals surface area contributed by atoms with Crippen LogP contribution in [0.4, 0.5) is 52.7 Å². The molecule has 0 saturated carbocycles. The number of aliphatic hydroxyl groups is 1. The van der Waals surface area contributed by atoms with Crippen molar-refractivity contribution in [2.24, 2.45) is 0 Å². The van der Waals surface area contributed by atoms with Crippen molar-refractivity contribution in [1.82, 2.24) is 0 Å². The number of aliphatic hydroxyl groups excluding tert-OH is 1. The second kappa shape index (κ2) is 11.4. The fraction of sp³-hybridized carbons (Fsp3) is 0.842. The van der Waals surface area contributed by atoms with Gasteiger partial charge in [0.15, 0.2) is 0 Å². The Kier molecular flexibility index (Phi) is 10.8. The molecule has 0 aliphatic heterocycles. The first-order valence-electron chi connectivity index (χ1n) is 9.90. The molecule has 0 aromatic carbocycles. The van der Waals surface area contributed by atoms with Crippen molar-refractivity contribution >= 4 is 5.97 Å². The van der Waals surface area contributed by atoms with Crippen molar-refractivity contribution in [3.8, 4) is 0 Å². The number of unbranched alkanes of at least 4 members (excludes halogenated alkanes) is 3. The molecule has 34 heavy (non-hydrogen) atoms. The Morgan fingerprint density at radius 1 is 0.706 bits per heavy atom. The molecular formula is C19H24F12O3. The van der Waals surface area contributed by atoms with Crippen LogP contribution in [-0.2, 0) is 9.53 Å². The number of rotatable bonds is 16. The molecule has 0 bridgehead atoms. The van der Waals surface area contributed by atoms with E-state index in [0.29, 0.717) is 6.42 Å². The molecule has 0 amide bonds. The van der Waals surface area contributed by atoms with E-state index in [1.807, 2.05) is 0 Å². The summed E-state index contributed by atoms with van der Waals surface area (Å²) in [6, 6.07) is 0. The summed E-state index contributed by atoms with van der Waals surface area (Å²) < 4.78 is 169. The Hall–Kier alpha value is -1.67. The number of carbonyl (C=O) groups is 1. The fourth-order valence-electron chi connectivity index (χ4n) is 2.57. The highest BCUT2D eigenvalue weighted by atomic mass is 19.4. The molecule has 0 aromatic rings. The van der Waals surface area contributed by atoms with Crippen molar-refractivity contribution in [3.63, 3.8) is 0 Å². The maximum absolute atomic E-state index is 13.8. The molecule has 0 aromatic heterocycles. The van der Waals surface area contributed by atoms with Gasteiger partial charge < -0.3 is 9.84 Å². The van der Waals surface area contributed by atoms with Gasteiger partial charge >= 0.3 is 41.5 Å². The van der Waals surface area contributed by atoms with Gasteiger partial charge in [-0.2, -0.15) is 52.7 Å². The smallest absolute Gasteiger partial charge is 0.384 e. The van der Waals surface area contributed by atoms with Gasteiger partial charge in [-0.25, -0.2) is 4.79 Å². The Morgan fingerprint density at radius 2 is 1.12 bits per heavy atom. The highest BCUT2D eigenvalue weighted by molar-refractivity contribution is 5.87. The van der Waals surface area contributed by atoms with E-state index in [-0.39, 0.29) is 12.8 Å². The molecule has 1 N–H and O–H groups in total. The molecule has 0 saturated heterocycles. The SMILES string of the molecule is C=C(CO)C(=O)OCCCC(F)(F)C(F)(F)C(F)(F)C(F)(F)C(F)(F)C(F)(F)CCCCCC. The lowest BCUT2D eigenvalue weighted by atomic mass is 9.88. The van der Waals surface area contributed by atoms with E-state index in [1.54, 1.807) is 6.92 Å². The van der Waals surface area contributed by atoms with Crippen molar-refractivity contribution in [1.29, 1.82) is 0 Å². The van der Waals surface area contributed by atoms with E-state index < -0.39 is 86.0 Å². The zero-order valence-corrected chi connectivity index (χ0v) is 17.9. The van der Waals surface area contributed by atoms with Gasteiger partial charge in [0, 0.05) is 12.8 Å². The van der Waals surface area contributed by atoms with Gasteiger partial charge in [0.25, 0.3) is 0 Å². The number of alkyl halides is 12. The van der Waals surface area contributed by atoms with Gasteiger partial charge in [-0.1, -0.05) is 32.8 Å². The number of esters is 1. The lowest BCUT2D eigenvalue weighted by Gasteiger charge is -2.41. The van der Waals surface area contributed by atoms with Gasteiger partial charge in [-0.15, -0.1) is 0 Å². The molecule has 3 nitrogen and oxygen atoms in total. The predicted octanol–water partition coefficient (Wildman–Crippen LogP) is 6.64. The highest BCUT2D eigenvalue weighted by Crippen LogP contribution is 2.61. The van der Waals surface area contributed by atoms with Gasteiger partial charge in [-0.05, 0) is 12.8 Å². The average Bonchev–Trinajstić information content (AvgIpc) is 2.72. The molecule has 0 unspecified atom stereocenters.